The number of hydrogen-bond donors (Lipinski definition) is 0. The summed E-state index contributed by atoms with van der Waals surface area (Å²) in [5.74, 6) is 0. The molecule has 2 aliphatic heterocycles. The van der Waals surface area contributed by atoms with Gasteiger partial charge in [0.15, 0.2) is 0 Å². The molecule has 0 aromatic rings. The monoisotopic (exact) mass is 768 g/mol. The van der Waals surface area contributed by atoms with Gasteiger partial charge in [0.2, 0.25) is 0 Å². The van der Waals surface area contributed by atoms with Gasteiger partial charge in [-0.25, -0.2) is 0 Å². The van der Waals surface area contributed by atoms with E-state index in [4.69, 9.17) is 0 Å². The summed E-state index contributed by atoms with van der Waals surface area (Å²) in [5.41, 5.74) is 7.37. The van der Waals surface area contributed by atoms with Crippen molar-refractivity contribution in [1.29, 1.82) is 0 Å². The predicted molar refractivity (Wildman–Crippen MR) is 175 cm³/mol. The van der Waals surface area contributed by atoms with Crippen LogP contribution >= 0.6 is 15.8 Å². The van der Waals surface area contributed by atoms with E-state index in [1.807, 2.05) is 0 Å². The van der Waals surface area contributed by atoms with Crippen LogP contribution in [0.15, 0.2) is 0 Å². The first-order chi connectivity index (χ1) is 19.7. The van der Waals surface area contributed by atoms with Gasteiger partial charge in [0.25, 0.3) is 0 Å². The van der Waals surface area contributed by atoms with Crippen molar-refractivity contribution in [1.82, 2.24) is 0 Å². The fourth-order valence-corrected chi connectivity index (χ4v) is 13.5. The first kappa shape index (κ1) is 44.8. The zero-order valence-corrected chi connectivity index (χ0v) is 30.9. The molecule has 3 aliphatic carbocycles. The molecule has 5 rings (SSSR count). The van der Waals surface area contributed by atoms with E-state index in [-0.39, 0.29) is 52.4 Å². The molecule has 9 heteroatoms. The van der Waals surface area contributed by atoms with E-state index >= 15 is 0 Å². The van der Waals surface area contributed by atoms with Crippen molar-refractivity contribution < 1.29 is 53.8 Å². The van der Waals surface area contributed by atoms with Crippen molar-refractivity contribution in [2.45, 2.75) is 127 Å². The van der Waals surface area contributed by atoms with Crippen molar-refractivity contribution in [2.24, 2.45) is 0 Å². The van der Waals surface area contributed by atoms with Gasteiger partial charge < -0.3 is 17.3 Å². The largest absolute Gasteiger partial charge is 2.00 e. The molecule has 3 saturated carbocycles. The van der Waals surface area contributed by atoms with Gasteiger partial charge in [-0.1, -0.05) is 43.5 Å². The maximum Gasteiger partial charge on any atom is 2.00 e. The Morgan fingerprint density at radius 2 is 0.744 bits per heavy atom. The Hall–Kier alpha value is 1.79. The minimum atomic E-state index is -6.00. The van der Waals surface area contributed by atoms with E-state index in [0.717, 1.165) is 22.6 Å². The minimum Gasteiger partial charge on any atom is -0.418 e. The average Bonchev–Trinajstić information content (AvgIpc) is 3.73. The smallest absolute Gasteiger partial charge is 0.418 e. The van der Waals surface area contributed by atoms with Gasteiger partial charge in [-0.3, -0.25) is 0 Å². The Morgan fingerprint density at radius 1 is 0.535 bits per heavy atom. The maximum atomic E-state index is 9.75. The van der Waals surface area contributed by atoms with Gasteiger partial charge in [-0.2, -0.15) is 0 Å². The second kappa shape index (κ2) is 25.8. The topological polar surface area (TPSA) is 0 Å². The molecule has 245 valence electrons. The SMILES string of the molecule is CC[C@@H]1CC[C@@H](CC)P1[C]1[CH][CH][CH][CH]1.CC[C@@H]1CC[C@@H](CC)P1[C]1[CH][CH][CH][CH]1.F[B-](F)(F)F.[CH]1[CH]CC[CH][CH]CC1.[Fe+2].[Rh]. The van der Waals surface area contributed by atoms with Gasteiger partial charge in [-0.15, -0.1) is 0 Å². The van der Waals surface area contributed by atoms with Crippen molar-refractivity contribution in [3.63, 3.8) is 0 Å². The third kappa shape index (κ3) is 17.7. The molecule has 15 radical (unpaired) electrons. The Balaban J connectivity index is 0.000000575. The summed E-state index contributed by atoms with van der Waals surface area (Å²) >= 11 is 0. The molecule has 0 N–H and O–H groups in total. The van der Waals surface area contributed by atoms with Crippen molar-refractivity contribution >= 4 is 23.1 Å². The molecular formula is C34H52BF4FeP2Rh+. The van der Waals surface area contributed by atoms with Crippen LogP contribution in [0.5, 0.6) is 0 Å². The standard InChI is InChI=1S/2C13H20P.C8H12.BF4.Fe.Rh/c2*1-3-11-9-10-12(4-2)14(11)13-7-5-6-8-13;1-2-4-6-8-7-5-3-1;2-1(3,4)5;;/h2*5-8,11-12H,3-4,9-10H2,1-2H3;1-2,7-8H,3-6H2;;;/q;;;-1;+2;/t2*11-,12-;;;;/m11..../s1. The van der Waals surface area contributed by atoms with Crippen LogP contribution in [-0.2, 0) is 36.5 Å². The fraction of sp³-hybridized carbons (Fsp3) is 0.588. The van der Waals surface area contributed by atoms with Crippen LogP contribution in [0.1, 0.15) is 105 Å². The zero-order valence-electron chi connectivity index (χ0n) is 26.4. The van der Waals surface area contributed by atoms with Gasteiger partial charge in [0.1, 0.15) is 0 Å². The van der Waals surface area contributed by atoms with Crippen LogP contribution in [0.25, 0.3) is 0 Å². The van der Waals surface area contributed by atoms with E-state index < -0.39 is 7.25 Å². The van der Waals surface area contributed by atoms with E-state index in [0.29, 0.717) is 0 Å². The second-order valence-corrected chi connectivity index (χ2v) is 16.7. The fourth-order valence-electron chi connectivity index (χ4n) is 6.30. The first-order valence-electron chi connectivity index (χ1n) is 15.9. The van der Waals surface area contributed by atoms with Crippen LogP contribution in [0, 0.1) is 88.4 Å². The van der Waals surface area contributed by atoms with E-state index in [1.165, 1.54) is 77.0 Å². The predicted octanol–water partition coefficient (Wildman–Crippen LogP) is 12.0. The summed E-state index contributed by atoms with van der Waals surface area (Å²) in [4.78, 5) is 0. The van der Waals surface area contributed by atoms with Gasteiger partial charge in [0.05, 0.1) is 0 Å². The van der Waals surface area contributed by atoms with Crippen LogP contribution < -0.4 is 0 Å². The molecule has 2 heterocycles. The maximum absolute atomic E-state index is 9.75. The molecular weight excluding hydrogens is 716 g/mol. The summed E-state index contributed by atoms with van der Waals surface area (Å²) in [6.07, 6.45) is 43.7. The molecule has 0 bridgehead atoms. The van der Waals surface area contributed by atoms with Crippen LogP contribution in [-0.4, -0.2) is 29.9 Å². The number of rotatable bonds is 6. The van der Waals surface area contributed by atoms with E-state index in [1.54, 1.807) is 11.3 Å². The molecule has 0 nitrogen and oxygen atoms in total. The molecule has 2 saturated heterocycles. The van der Waals surface area contributed by atoms with Gasteiger partial charge in [0, 0.05) is 30.8 Å². The summed E-state index contributed by atoms with van der Waals surface area (Å²) in [5, 5.41) is 0. The Morgan fingerprint density at radius 3 is 0.930 bits per heavy atom. The molecule has 0 unspecified atom stereocenters. The zero-order chi connectivity index (χ0) is 30.1. The normalized spacial score (nSPS) is 29.0. The third-order valence-electron chi connectivity index (χ3n) is 8.34. The molecule has 0 amide bonds. The third-order valence-corrected chi connectivity index (χ3v) is 15.8. The molecule has 0 aromatic carbocycles. The van der Waals surface area contributed by atoms with Gasteiger partial charge in [-0.05, 0) is 177 Å². The van der Waals surface area contributed by atoms with Crippen LogP contribution in [0.2, 0.25) is 0 Å². The first-order valence-corrected chi connectivity index (χ1v) is 18.9. The Labute approximate surface area is 291 Å². The van der Waals surface area contributed by atoms with Crippen LogP contribution in [0.4, 0.5) is 17.3 Å². The second-order valence-electron chi connectivity index (χ2n) is 11.1. The average molecular weight is 768 g/mol. The van der Waals surface area contributed by atoms with Crippen molar-refractivity contribution in [3.05, 3.63) is 88.4 Å². The quantitative estimate of drug-likeness (QED) is 0.143. The molecule has 5 fully saturated rings. The minimum absolute atomic E-state index is 0. The molecule has 5 aliphatic rings. The van der Waals surface area contributed by atoms with Crippen molar-refractivity contribution in [2.75, 3.05) is 0 Å². The Kier molecular flexibility index (Phi) is 26.8. The van der Waals surface area contributed by atoms with Crippen LogP contribution in [0.3, 0.4) is 0 Å². The van der Waals surface area contributed by atoms with Gasteiger partial charge >= 0.3 is 24.3 Å². The summed E-state index contributed by atoms with van der Waals surface area (Å²) < 4.78 is 39.0. The molecule has 4 atom stereocenters. The summed E-state index contributed by atoms with van der Waals surface area (Å²) in [6, 6.07) is 0. The van der Waals surface area contributed by atoms with E-state index in [2.05, 4.69) is 105 Å². The van der Waals surface area contributed by atoms with E-state index in [9.17, 15) is 17.3 Å². The molecule has 0 aromatic heterocycles. The molecule has 43 heavy (non-hydrogen) atoms. The Bertz CT molecular complexity index is 556. The van der Waals surface area contributed by atoms with Crippen molar-refractivity contribution in [3.8, 4) is 0 Å². The summed E-state index contributed by atoms with van der Waals surface area (Å²) in [7, 11) is -5.66. The molecule has 0 spiro atoms. The number of hydrogen-bond acceptors (Lipinski definition) is 0. The number of halogens is 4. The summed E-state index contributed by atoms with van der Waals surface area (Å²) in [6.45, 7) is 9.45.